The van der Waals surface area contributed by atoms with E-state index in [0.717, 1.165) is 0 Å². The predicted octanol–water partition coefficient (Wildman–Crippen LogP) is 5.16. The first kappa shape index (κ1) is 13.9. The van der Waals surface area contributed by atoms with Crippen LogP contribution >= 0.6 is 0 Å². The van der Waals surface area contributed by atoms with Crippen molar-refractivity contribution >= 4 is 0 Å². The minimum atomic E-state index is 0.253. The zero-order chi connectivity index (χ0) is 13.7. The number of benzene rings is 2. The van der Waals surface area contributed by atoms with E-state index in [-0.39, 0.29) is 5.41 Å². The first-order chi connectivity index (χ1) is 9.05. The molecule has 0 amide bonds. The highest BCUT2D eigenvalue weighted by atomic mass is 14.2. The average Bonchev–Trinajstić information content (AvgIpc) is 2.39. The lowest BCUT2D eigenvalue weighted by Crippen LogP contribution is -2.10. The second-order valence-corrected chi connectivity index (χ2v) is 6.29. The first-order valence-electron chi connectivity index (χ1n) is 7.19. The van der Waals surface area contributed by atoms with Crippen molar-refractivity contribution < 1.29 is 0 Å². The number of hydrogen-bond donors (Lipinski definition) is 0. The van der Waals surface area contributed by atoms with Gasteiger partial charge in [0.1, 0.15) is 0 Å². The van der Waals surface area contributed by atoms with Crippen LogP contribution < -0.4 is 0 Å². The van der Waals surface area contributed by atoms with E-state index in [4.69, 9.17) is 0 Å². The largest absolute Gasteiger partial charge is 0.0622 e. The van der Waals surface area contributed by atoms with E-state index >= 15 is 0 Å². The van der Waals surface area contributed by atoms with Gasteiger partial charge in [0, 0.05) is 0 Å². The fraction of sp³-hybridized carbons (Fsp3) is 0.368. The Morgan fingerprint density at radius 3 is 1.74 bits per heavy atom. The molecule has 0 fully saturated rings. The standard InChI is InChI=1S/C19H24/c1-19(2,3)18-14-12-17(13-15-18)11-7-10-16-8-5-4-6-9-16/h4-6,8-9,12-15H,7,10-11H2,1-3H3. The van der Waals surface area contributed by atoms with Gasteiger partial charge in [0.2, 0.25) is 0 Å². The number of rotatable bonds is 4. The summed E-state index contributed by atoms with van der Waals surface area (Å²) < 4.78 is 0. The molecule has 0 nitrogen and oxygen atoms in total. The molecule has 0 aliphatic carbocycles. The Kier molecular flexibility index (Phi) is 4.42. The molecule has 100 valence electrons. The van der Waals surface area contributed by atoms with E-state index in [1.807, 2.05) is 0 Å². The lowest BCUT2D eigenvalue weighted by molar-refractivity contribution is 0.590. The molecule has 0 N–H and O–H groups in total. The zero-order valence-corrected chi connectivity index (χ0v) is 12.3. The fourth-order valence-corrected chi connectivity index (χ4v) is 2.31. The van der Waals surface area contributed by atoms with Crippen LogP contribution in [0.15, 0.2) is 54.6 Å². The van der Waals surface area contributed by atoms with Crippen LogP contribution in [0.1, 0.15) is 43.9 Å². The topological polar surface area (TPSA) is 0 Å². The molecule has 0 bridgehead atoms. The molecular formula is C19H24. The average molecular weight is 252 g/mol. The van der Waals surface area contributed by atoms with Gasteiger partial charge in [0.15, 0.2) is 0 Å². The van der Waals surface area contributed by atoms with E-state index in [1.54, 1.807) is 0 Å². The molecule has 19 heavy (non-hydrogen) atoms. The highest BCUT2D eigenvalue weighted by Gasteiger charge is 2.12. The minimum Gasteiger partial charge on any atom is -0.0622 e. The zero-order valence-electron chi connectivity index (χ0n) is 12.3. The Labute approximate surface area is 117 Å². The van der Waals surface area contributed by atoms with Gasteiger partial charge in [-0.05, 0) is 41.4 Å². The van der Waals surface area contributed by atoms with E-state index in [0.29, 0.717) is 0 Å². The van der Waals surface area contributed by atoms with Gasteiger partial charge in [-0.1, -0.05) is 75.4 Å². The molecule has 0 spiro atoms. The summed E-state index contributed by atoms with van der Waals surface area (Å²) in [4.78, 5) is 0. The molecule has 2 rings (SSSR count). The third kappa shape index (κ3) is 4.24. The van der Waals surface area contributed by atoms with Gasteiger partial charge in [-0.15, -0.1) is 0 Å². The van der Waals surface area contributed by atoms with Gasteiger partial charge in [-0.25, -0.2) is 0 Å². The molecule has 0 aliphatic rings. The van der Waals surface area contributed by atoms with Crippen LogP contribution in [0.2, 0.25) is 0 Å². The molecule has 0 aliphatic heterocycles. The van der Waals surface area contributed by atoms with Crippen LogP contribution in [0.25, 0.3) is 0 Å². The molecule has 0 saturated heterocycles. The van der Waals surface area contributed by atoms with Crippen LogP contribution in [0.3, 0.4) is 0 Å². The molecule has 0 radical (unpaired) electrons. The summed E-state index contributed by atoms with van der Waals surface area (Å²) in [5.74, 6) is 0. The molecule has 0 unspecified atom stereocenters. The highest BCUT2D eigenvalue weighted by molar-refractivity contribution is 5.27. The van der Waals surface area contributed by atoms with Crippen LogP contribution in [0, 0.1) is 0 Å². The monoisotopic (exact) mass is 252 g/mol. The maximum Gasteiger partial charge on any atom is -0.0132 e. The van der Waals surface area contributed by atoms with Gasteiger partial charge < -0.3 is 0 Å². The Bertz CT molecular complexity index is 486. The van der Waals surface area contributed by atoms with Gasteiger partial charge in [0.05, 0.1) is 0 Å². The van der Waals surface area contributed by atoms with E-state index in [1.165, 1.54) is 36.0 Å². The van der Waals surface area contributed by atoms with Crippen LogP contribution in [-0.4, -0.2) is 0 Å². The molecule has 2 aromatic rings. The first-order valence-corrected chi connectivity index (χ1v) is 7.19. The third-order valence-electron chi connectivity index (χ3n) is 3.59. The molecule has 0 heterocycles. The van der Waals surface area contributed by atoms with Crippen molar-refractivity contribution in [1.29, 1.82) is 0 Å². The number of aryl methyl sites for hydroxylation is 2. The SMILES string of the molecule is CC(C)(C)c1ccc(CCCc2ccccc2)cc1. The Morgan fingerprint density at radius 1 is 0.684 bits per heavy atom. The Hall–Kier alpha value is -1.56. The normalized spacial score (nSPS) is 11.5. The van der Waals surface area contributed by atoms with Crippen molar-refractivity contribution in [3.05, 3.63) is 71.3 Å². The Balaban J connectivity index is 1.87. The molecule has 0 aromatic heterocycles. The van der Waals surface area contributed by atoms with Crippen molar-refractivity contribution in [3.63, 3.8) is 0 Å². The van der Waals surface area contributed by atoms with E-state index < -0.39 is 0 Å². The quantitative estimate of drug-likeness (QED) is 0.705. The van der Waals surface area contributed by atoms with Crippen molar-refractivity contribution in [1.82, 2.24) is 0 Å². The number of hydrogen-bond acceptors (Lipinski definition) is 0. The lowest BCUT2D eigenvalue weighted by atomic mass is 9.86. The van der Waals surface area contributed by atoms with Crippen LogP contribution in [-0.2, 0) is 18.3 Å². The van der Waals surface area contributed by atoms with Crippen LogP contribution in [0.4, 0.5) is 0 Å². The maximum atomic E-state index is 2.28. The lowest BCUT2D eigenvalue weighted by Gasteiger charge is -2.19. The van der Waals surface area contributed by atoms with Gasteiger partial charge >= 0.3 is 0 Å². The summed E-state index contributed by atoms with van der Waals surface area (Å²) in [7, 11) is 0. The summed E-state index contributed by atoms with van der Waals surface area (Å²) in [6, 6.07) is 19.9. The molecule has 0 saturated carbocycles. The van der Waals surface area contributed by atoms with E-state index in [2.05, 4.69) is 75.4 Å². The summed E-state index contributed by atoms with van der Waals surface area (Å²) in [5.41, 5.74) is 4.56. The van der Waals surface area contributed by atoms with Crippen molar-refractivity contribution in [2.45, 2.75) is 45.4 Å². The second-order valence-electron chi connectivity index (χ2n) is 6.29. The van der Waals surface area contributed by atoms with Gasteiger partial charge in [-0.2, -0.15) is 0 Å². The molecule has 0 atom stereocenters. The van der Waals surface area contributed by atoms with Crippen molar-refractivity contribution in [2.24, 2.45) is 0 Å². The van der Waals surface area contributed by atoms with Gasteiger partial charge in [0.25, 0.3) is 0 Å². The third-order valence-corrected chi connectivity index (χ3v) is 3.59. The maximum absolute atomic E-state index is 2.28. The smallest absolute Gasteiger partial charge is 0.0132 e. The molecule has 0 heteroatoms. The summed E-state index contributed by atoms with van der Waals surface area (Å²) in [6.45, 7) is 6.78. The van der Waals surface area contributed by atoms with Crippen LogP contribution in [0.5, 0.6) is 0 Å². The summed E-state index contributed by atoms with van der Waals surface area (Å²) in [5, 5.41) is 0. The molecular weight excluding hydrogens is 228 g/mol. The van der Waals surface area contributed by atoms with Crippen molar-refractivity contribution in [3.8, 4) is 0 Å². The summed E-state index contributed by atoms with van der Waals surface area (Å²) >= 11 is 0. The van der Waals surface area contributed by atoms with E-state index in [9.17, 15) is 0 Å². The predicted molar refractivity (Wildman–Crippen MR) is 83.6 cm³/mol. The van der Waals surface area contributed by atoms with Crippen molar-refractivity contribution in [2.75, 3.05) is 0 Å². The van der Waals surface area contributed by atoms with Gasteiger partial charge in [-0.3, -0.25) is 0 Å². The highest BCUT2D eigenvalue weighted by Crippen LogP contribution is 2.22. The minimum absolute atomic E-state index is 0.253. The second kappa shape index (κ2) is 6.06. The fourth-order valence-electron chi connectivity index (χ4n) is 2.31. The Morgan fingerprint density at radius 2 is 1.21 bits per heavy atom. The summed E-state index contributed by atoms with van der Waals surface area (Å²) in [6.07, 6.45) is 3.56. The molecule has 2 aromatic carbocycles.